The number of hydrogen-bond acceptors (Lipinski definition) is 4. The minimum atomic E-state index is -3.63. The van der Waals surface area contributed by atoms with Crippen LogP contribution in [0, 0.1) is 16.3 Å². The standard InChI is InChI=1S/C16H19FIN3O3S/c1-9(2)25(23,24)20-14-7-10(3)16(22)21(4)15(14)19-13-6-5-11(18)8-12(13)17/h5-9,19-20H,1-4H3. The summed E-state index contributed by atoms with van der Waals surface area (Å²) in [6.45, 7) is 4.68. The third-order valence-electron chi connectivity index (χ3n) is 3.65. The minimum Gasteiger partial charge on any atom is -0.337 e. The Kier molecular flexibility index (Phi) is 5.77. The SMILES string of the molecule is Cc1cc(NS(=O)(=O)C(C)C)c(Nc2ccc(I)cc2F)n(C)c1=O. The van der Waals surface area contributed by atoms with Gasteiger partial charge in [0, 0.05) is 16.2 Å². The van der Waals surface area contributed by atoms with Crippen molar-refractivity contribution in [3.63, 3.8) is 0 Å². The van der Waals surface area contributed by atoms with E-state index >= 15 is 0 Å². The number of hydrogen-bond donors (Lipinski definition) is 2. The molecule has 0 saturated heterocycles. The second-order valence-corrected chi connectivity index (χ2v) is 9.38. The first kappa shape index (κ1) is 19.7. The van der Waals surface area contributed by atoms with Crippen molar-refractivity contribution in [2.45, 2.75) is 26.0 Å². The van der Waals surface area contributed by atoms with Crippen LogP contribution < -0.4 is 15.6 Å². The lowest BCUT2D eigenvalue weighted by molar-refractivity contribution is 0.592. The van der Waals surface area contributed by atoms with Crippen LogP contribution in [0.5, 0.6) is 0 Å². The van der Waals surface area contributed by atoms with Crippen LogP contribution in [0.1, 0.15) is 19.4 Å². The second-order valence-electron chi connectivity index (χ2n) is 5.90. The lowest BCUT2D eigenvalue weighted by Crippen LogP contribution is -2.27. The molecule has 2 N–H and O–H groups in total. The number of halogens is 2. The molecule has 1 aromatic heterocycles. The number of rotatable bonds is 5. The van der Waals surface area contributed by atoms with Crippen molar-refractivity contribution in [2.75, 3.05) is 10.0 Å². The summed E-state index contributed by atoms with van der Waals surface area (Å²) >= 11 is 1.99. The Morgan fingerprint density at radius 3 is 2.40 bits per heavy atom. The molecule has 0 amide bonds. The number of nitrogens with zero attached hydrogens (tertiary/aromatic N) is 1. The summed E-state index contributed by atoms with van der Waals surface area (Å²) < 4.78 is 43.0. The molecule has 0 saturated carbocycles. The van der Waals surface area contributed by atoms with Crippen LogP contribution in [-0.2, 0) is 17.1 Å². The van der Waals surface area contributed by atoms with E-state index in [4.69, 9.17) is 0 Å². The third kappa shape index (κ3) is 4.32. The van der Waals surface area contributed by atoms with E-state index in [0.29, 0.717) is 5.56 Å². The summed E-state index contributed by atoms with van der Waals surface area (Å²) in [5.41, 5.74) is 0.397. The fourth-order valence-electron chi connectivity index (χ4n) is 2.11. The molecular formula is C16H19FIN3O3S. The topological polar surface area (TPSA) is 80.2 Å². The van der Waals surface area contributed by atoms with E-state index in [1.807, 2.05) is 22.6 Å². The van der Waals surface area contributed by atoms with Gasteiger partial charge in [-0.3, -0.25) is 14.1 Å². The average molecular weight is 479 g/mol. The first-order chi connectivity index (χ1) is 11.5. The smallest absolute Gasteiger partial charge is 0.254 e. The number of sulfonamides is 1. The van der Waals surface area contributed by atoms with Gasteiger partial charge in [0.1, 0.15) is 11.6 Å². The molecule has 0 atom stereocenters. The predicted molar refractivity (Wildman–Crippen MR) is 106 cm³/mol. The highest BCUT2D eigenvalue weighted by molar-refractivity contribution is 14.1. The highest BCUT2D eigenvalue weighted by atomic mass is 127. The highest BCUT2D eigenvalue weighted by Gasteiger charge is 2.20. The van der Waals surface area contributed by atoms with Crippen LogP contribution in [0.2, 0.25) is 0 Å². The Bertz CT molecular complexity index is 971. The summed E-state index contributed by atoms with van der Waals surface area (Å²) in [7, 11) is -2.13. The van der Waals surface area contributed by atoms with Crippen molar-refractivity contribution < 1.29 is 12.8 Å². The first-order valence-corrected chi connectivity index (χ1v) is 10.1. The molecule has 136 valence electrons. The molecule has 25 heavy (non-hydrogen) atoms. The van der Waals surface area contributed by atoms with Crippen LogP contribution in [0.4, 0.5) is 21.6 Å². The first-order valence-electron chi connectivity index (χ1n) is 7.47. The Hall–Kier alpha value is -1.62. The molecule has 9 heteroatoms. The van der Waals surface area contributed by atoms with E-state index in [2.05, 4.69) is 10.0 Å². The van der Waals surface area contributed by atoms with Gasteiger partial charge < -0.3 is 5.32 Å². The molecule has 0 spiro atoms. The van der Waals surface area contributed by atoms with E-state index in [9.17, 15) is 17.6 Å². The highest BCUT2D eigenvalue weighted by Crippen LogP contribution is 2.28. The maximum absolute atomic E-state index is 14.2. The molecule has 0 fully saturated rings. The van der Waals surface area contributed by atoms with E-state index in [1.165, 1.54) is 29.8 Å². The molecule has 6 nitrogen and oxygen atoms in total. The van der Waals surface area contributed by atoms with Gasteiger partial charge in [-0.05, 0) is 67.6 Å². The molecule has 0 radical (unpaired) electrons. The minimum absolute atomic E-state index is 0.143. The zero-order valence-electron chi connectivity index (χ0n) is 14.2. The van der Waals surface area contributed by atoms with Crippen molar-refractivity contribution in [1.29, 1.82) is 0 Å². The number of aryl methyl sites for hydroxylation is 1. The maximum Gasteiger partial charge on any atom is 0.254 e. The van der Waals surface area contributed by atoms with Crippen molar-refractivity contribution in [3.8, 4) is 0 Å². The Labute approximate surface area is 159 Å². The lowest BCUT2D eigenvalue weighted by Gasteiger charge is -2.19. The Balaban J connectivity index is 2.59. The van der Waals surface area contributed by atoms with Gasteiger partial charge in [-0.15, -0.1) is 0 Å². The predicted octanol–water partition coefficient (Wildman–Crippen LogP) is 3.33. The van der Waals surface area contributed by atoms with Gasteiger partial charge in [-0.1, -0.05) is 0 Å². The van der Waals surface area contributed by atoms with Crippen LogP contribution in [0.25, 0.3) is 0 Å². The van der Waals surface area contributed by atoms with Gasteiger partial charge in [0.05, 0.1) is 16.6 Å². The van der Waals surface area contributed by atoms with E-state index in [-0.39, 0.29) is 22.8 Å². The van der Waals surface area contributed by atoms with E-state index in [0.717, 1.165) is 3.57 Å². The molecule has 0 bridgehead atoms. The van der Waals surface area contributed by atoms with Crippen molar-refractivity contribution in [1.82, 2.24) is 4.57 Å². The molecular weight excluding hydrogens is 460 g/mol. The van der Waals surface area contributed by atoms with Gasteiger partial charge in [-0.25, -0.2) is 12.8 Å². The maximum atomic E-state index is 14.2. The molecule has 1 heterocycles. The van der Waals surface area contributed by atoms with Crippen LogP contribution in [0.15, 0.2) is 29.1 Å². The molecule has 1 aromatic carbocycles. The summed E-state index contributed by atoms with van der Waals surface area (Å²) in [6, 6.07) is 6.01. The molecule has 0 aliphatic heterocycles. The van der Waals surface area contributed by atoms with Crippen LogP contribution in [-0.4, -0.2) is 18.2 Å². The number of aromatic nitrogens is 1. The average Bonchev–Trinajstić information content (AvgIpc) is 2.50. The number of anilines is 3. The molecule has 2 aromatic rings. The van der Waals surface area contributed by atoms with Crippen LogP contribution >= 0.6 is 22.6 Å². The Morgan fingerprint density at radius 2 is 1.84 bits per heavy atom. The van der Waals surface area contributed by atoms with Crippen molar-refractivity contribution in [3.05, 3.63) is 49.6 Å². The monoisotopic (exact) mass is 479 g/mol. The molecule has 0 aliphatic carbocycles. The van der Waals surface area contributed by atoms with E-state index < -0.39 is 21.1 Å². The third-order valence-corrected chi connectivity index (χ3v) is 6.07. The second kappa shape index (κ2) is 7.32. The summed E-state index contributed by atoms with van der Waals surface area (Å²) in [4.78, 5) is 12.2. The van der Waals surface area contributed by atoms with Gasteiger partial charge in [0.25, 0.3) is 5.56 Å². The van der Waals surface area contributed by atoms with Gasteiger partial charge in [0.15, 0.2) is 0 Å². The van der Waals surface area contributed by atoms with E-state index in [1.54, 1.807) is 26.8 Å². The largest absolute Gasteiger partial charge is 0.337 e. The van der Waals surface area contributed by atoms with Crippen LogP contribution in [0.3, 0.4) is 0 Å². The normalized spacial score (nSPS) is 11.6. The Morgan fingerprint density at radius 1 is 1.20 bits per heavy atom. The number of pyridine rings is 1. The van der Waals surface area contributed by atoms with Crippen molar-refractivity contribution in [2.24, 2.45) is 7.05 Å². The molecule has 2 rings (SSSR count). The molecule has 0 unspecified atom stereocenters. The summed E-state index contributed by atoms with van der Waals surface area (Å²) in [5, 5.41) is 2.16. The zero-order chi connectivity index (χ0) is 18.9. The van der Waals surface area contributed by atoms with Crippen molar-refractivity contribution >= 4 is 49.8 Å². The lowest BCUT2D eigenvalue weighted by atomic mass is 10.2. The fourth-order valence-corrected chi connectivity index (χ4v) is 3.26. The number of nitrogens with one attached hydrogen (secondary N) is 2. The fraction of sp³-hybridized carbons (Fsp3) is 0.312. The van der Waals surface area contributed by atoms with Gasteiger partial charge in [-0.2, -0.15) is 0 Å². The quantitative estimate of drug-likeness (QED) is 0.645. The molecule has 0 aliphatic rings. The summed E-state index contributed by atoms with van der Waals surface area (Å²) in [6.07, 6.45) is 0. The summed E-state index contributed by atoms with van der Waals surface area (Å²) in [5.74, 6) is -0.336. The van der Waals surface area contributed by atoms with Gasteiger partial charge >= 0.3 is 0 Å². The number of benzene rings is 1. The zero-order valence-corrected chi connectivity index (χ0v) is 17.2. The van der Waals surface area contributed by atoms with Gasteiger partial charge in [0.2, 0.25) is 10.0 Å².